The van der Waals surface area contributed by atoms with Gasteiger partial charge in [0, 0.05) is 18.6 Å². The maximum Gasteiger partial charge on any atom is 0.305 e. The average molecular weight is 289 g/mol. The molecule has 0 aliphatic carbocycles. The van der Waals surface area contributed by atoms with Crippen molar-refractivity contribution in [3.8, 4) is 5.82 Å². The number of hydrogen-bond donors (Lipinski definition) is 3. The second-order valence-corrected chi connectivity index (χ2v) is 4.41. The number of carbonyl (C=O) groups excluding carboxylic acids is 1. The number of nitrogens with zero attached hydrogens (tertiary/aromatic N) is 3. The second kappa shape index (κ2) is 6.14. The molecular formula is C13H15N5O3. The Morgan fingerprint density at radius 2 is 2.19 bits per heavy atom. The molecule has 0 aliphatic heterocycles. The molecule has 8 nitrogen and oxygen atoms in total. The number of carbonyl (C=O) groups is 2. The van der Waals surface area contributed by atoms with Crippen LogP contribution in [0.3, 0.4) is 0 Å². The molecule has 110 valence electrons. The number of nitrogens with one attached hydrogen (secondary N) is 1. The van der Waals surface area contributed by atoms with E-state index in [1.165, 1.54) is 0 Å². The van der Waals surface area contributed by atoms with Gasteiger partial charge in [-0.3, -0.25) is 14.2 Å². The van der Waals surface area contributed by atoms with Gasteiger partial charge in [-0.25, -0.2) is 9.97 Å². The Kier molecular flexibility index (Phi) is 4.29. The summed E-state index contributed by atoms with van der Waals surface area (Å²) >= 11 is 0. The number of pyridine rings is 1. The summed E-state index contributed by atoms with van der Waals surface area (Å²) in [6.45, 7) is 1.80. The molecule has 4 N–H and O–H groups in total. The smallest absolute Gasteiger partial charge is 0.305 e. The van der Waals surface area contributed by atoms with Gasteiger partial charge in [0.1, 0.15) is 5.82 Å². The van der Waals surface area contributed by atoms with Gasteiger partial charge in [0.2, 0.25) is 5.91 Å². The number of carboxylic acids is 1. The molecular weight excluding hydrogens is 274 g/mol. The summed E-state index contributed by atoms with van der Waals surface area (Å²) in [6, 6.07) is 2.20. The number of aryl methyl sites for hydroxylation is 1. The number of imidazole rings is 1. The number of anilines is 1. The van der Waals surface area contributed by atoms with Gasteiger partial charge in [0.05, 0.1) is 18.2 Å². The van der Waals surface area contributed by atoms with Gasteiger partial charge in [-0.15, -0.1) is 0 Å². The van der Waals surface area contributed by atoms with Crippen molar-refractivity contribution in [3.63, 3.8) is 0 Å². The molecule has 1 atom stereocenters. The fourth-order valence-corrected chi connectivity index (χ4v) is 1.79. The minimum atomic E-state index is -1.13. The van der Waals surface area contributed by atoms with Crippen LogP contribution in [0.25, 0.3) is 5.82 Å². The van der Waals surface area contributed by atoms with Gasteiger partial charge in [-0.2, -0.15) is 0 Å². The van der Waals surface area contributed by atoms with Gasteiger partial charge < -0.3 is 16.2 Å². The standard InChI is InChI=1S/C13H15N5O3/c1-8-15-5-6-18(8)12-10(3-2-4-16-12)17-13(21)9(14)7-11(19)20/h2-6,9H,7,14H2,1H3,(H,17,21)(H,19,20). The summed E-state index contributed by atoms with van der Waals surface area (Å²) < 4.78 is 1.71. The highest BCUT2D eigenvalue weighted by atomic mass is 16.4. The molecule has 2 aromatic rings. The van der Waals surface area contributed by atoms with E-state index in [2.05, 4.69) is 15.3 Å². The number of aliphatic carboxylic acids is 1. The summed E-state index contributed by atoms with van der Waals surface area (Å²) in [5, 5.41) is 11.2. The maximum atomic E-state index is 11.9. The van der Waals surface area contributed by atoms with Crippen LogP contribution in [-0.4, -0.2) is 37.6 Å². The van der Waals surface area contributed by atoms with E-state index < -0.39 is 24.3 Å². The van der Waals surface area contributed by atoms with Gasteiger partial charge >= 0.3 is 5.97 Å². The molecule has 0 spiro atoms. The SMILES string of the molecule is Cc1nccn1-c1ncccc1NC(=O)C(N)CC(=O)O. The molecule has 1 unspecified atom stereocenters. The minimum absolute atomic E-state index is 0.435. The van der Waals surface area contributed by atoms with Crippen molar-refractivity contribution < 1.29 is 14.7 Å². The Hall–Kier alpha value is -2.74. The lowest BCUT2D eigenvalue weighted by Crippen LogP contribution is -2.37. The Labute approximate surface area is 120 Å². The summed E-state index contributed by atoms with van der Waals surface area (Å²) in [5.74, 6) is -0.513. The van der Waals surface area contributed by atoms with Crippen LogP contribution in [0.5, 0.6) is 0 Å². The number of amides is 1. The molecule has 0 aliphatic rings. The molecule has 0 fully saturated rings. The van der Waals surface area contributed by atoms with E-state index >= 15 is 0 Å². The van der Waals surface area contributed by atoms with Gasteiger partial charge in [0.15, 0.2) is 5.82 Å². The predicted molar refractivity (Wildman–Crippen MR) is 75.0 cm³/mol. The molecule has 2 aromatic heterocycles. The topological polar surface area (TPSA) is 123 Å². The fraction of sp³-hybridized carbons (Fsp3) is 0.231. The lowest BCUT2D eigenvalue weighted by molar-refractivity contribution is -0.138. The molecule has 8 heteroatoms. The number of hydrogen-bond acceptors (Lipinski definition) is 5. The lowest BCUT2D eigenvalue weighted by Gasteiger charge is -2.14. The van der Waals surface area contributed by atoms with Crippen molar-refractivity contribution in [1.82, 2.24) is 14.5 Å². The number of aromatic nitrogens is 3. The Morgan fingerprint density at radius 1 is 1.43 bits per heavy atom. The first-order chi connectivity index (χ1) is 9.99. The largest absolute Gasteiger partial charge is 0.481 e. The highest BCUT2D eigenvalue weighted by Crippen LogP contribution is 2.18. The van der Waals surface area contributed by atoms with Crippen molar-refractivity contribution in [2.24, 2.45) is 5.73 Å². The molecule has 0 radical (unpaired) electrons. The number of rotatable bonds is 5. The number of carboxylic acid groups (broad SMARTS) is 1. The number of nitrogens with two attached hydrogens (primary N) is 1. The molecule has 0 bridgehead atoms. The van der Waals surface area contributed by atoms with E-state index in [1.54, 1.807) is 42.2 Å². The van der Waals surface area contributed by atoms with Crippen LogP contribution in [0.1, 0.15) is 12.2 Å². The highest BCUT2D eigenvalue weighted by molar-refractivity contribution is 5.97. The highest BCUT2D eigenvalue weighted by Gasteiger charge is 2.19. The van der Waals surface area contributed by atoms with E-state index in [0.717, 1.165) is 0 Å². The van der Waals surface area contributed by atoms with E-state index in [9.17, 15) is 9.59 Å². The third-order valence-electron chi connectivity index (χ3n) is 2.83. The molecule has 0 saturated heterocycles. The van der Waals surface area contributed by atoms with E-state index in [0.29, 0.717) is 17.3 Å². The first kappa shape index (κ1) is 14.7. The second-order valence-electron chi connectivity index (χ2n) is 4.41. The zero-order valence-electron chi connectivity index (χ0n) is 11.4. The van der Waals surface area contributed by atoms with Crippen molar-refractivity contribution in [2.75, 3.05) is 5.32 Å². The van der Waals surface area contributed by atoms with Crippen LogP contribution in [0.4, 0.5) is 5.69 Å². The van der Waals surface area contributed by atoms with Gasteiger partial charge in [0.25, 0.3) is 0 Å². The van der Waals surface area contributed by atoms with Crippen molar-refractivity contribution >= 4 is 17.6 Å². The average Bonchev–Trinajstić information content (AvgIpc) is 2.84. The molecule has 0 saturated carbocycles. The molecule has 2 rings (SSSR count). The molecule has 21 heavy (non-hydrogen) atoms. The van der Waals surface area contributed by atoms with Gasteiger partial charge in [-0.1, -0.05) is 0 Å². The first-order valence-corrected chi connectivity index (χ1v) is 6.22. The van der Waals surface area contributed by atoms with Crippen LogP contribution >= 0.6 is 0 Å². The Balaban J connectivity index is 2.24. The zero-order chi connectivity index (χ0) is 15.4. The third kappa shape index (κ3) is 3.42. The van der Waals surface area contributed by atoms with Crippen LogP contribution in [0.2, 0.25) is 0 Å². The summed E-state index contributed by atoms with van der Waals surface area (Å²) in [6.07, 6.45) is 4.48. The van der Waals surface area contributed by atoms with Gasteiger partial charge in [-0.05, 0) is 19.1 Å². The summed E-state index contributed by atoms with van der Waals surface area (Å²) in [4.78, 5) is 30.8. The van der Waals surface area contributed by atoms with E-state index in [4.69, 9.17) is 10.8 Å². The third-order valence-corrected chi connectivity index (χ3v) is 2.83. The first-order valence-electron chi connectivity index (χ1n) is 6.22. The van der Waals surface area contributed by atoms with Crippen LogP contribution in [0, 0.1) is 6.92 Å². The molecule has 0 aromatic carbocycles. The van der Waals surface area contributed by atoms with E-state index in [-0.39, 0.29) is 0 Å². The van der Waals surface area contributed by atoms with Crippen LogP contribution in [-0.2, 0) is 9.59 Å². The molecule has 2 heterocycles. The Bertz CT molecular complexity index is 667. The molecule has 1 amide bonds. The summed E-state index contributed by atoms with van der Waals surface area (Å²) in [7, 11) is 0. The maximum absolute atomic E-state index is 11.9. The van der Waals surface area contributed by atoms with E-state index in [1.807, 2.05) is 0 Å². The lowest BCUT2D eigenvalue weighted by atomic mass is 10.2. The summed E-state index contributed by atoms with van der Waals surface area (Å²) in [5.41, 5.74) is 5.97. The van der Waals surface area contributed by atoms with Crippen molar-refractivity contribution in [2.45, 2.75) is 19.4 Å². The monoisotopic (exact) mass is 289 g/mol. The zero-order valence-corrected chi connectivity index (χ0v) is 11.4. The van der Waals surface area contributed by atoms with Crippen molar-refractivity contribution in [3.05, 3.63) is 36.5 Å². The normalized spacial score (nSPS) is 11.9. The van der Waals surface area contributed by atoms with Crippen LogP contribution in [0.15, 0.2) is 30.7 Å². The van der Waals surface area contributed by atoms with Crippen molar-refractivity contribution in [1.29, 1.82) is 0 Å². The van der Waals surface area contributed by atoms with Crippen LogP contribution < -0.4 is 11.1 Å². The fourth-order valence-electron chi connectivity index (χ4n) is 1.79. The predicted octanol–water partition coefficient (Wildman–Crippen LogP) is 0.316. The quantitative estimate of drug-likeness (QED) is 0.728. The minimum Gasteiger partial charge on any atom is -0.481 e. The Morgan fingerprint density at radius 3 is 2.81 bits per heavy atom.